The van der Waals surface area contributed by atoms with Crippen molar-refractivity contribution in [2.24, 2.45) is 0 Å². The molecule has 1 heterocycles. The molecule has 0 saturated carbocycles. The Balaban J connectivity index is 2.27. The van der Waals surface area contributed by atoms with Crippen molar-refractivity contribution in [1.82, 2.24) is 4.98 Å². The average molecular weight is 319 g/mol. The number of H-pyrrole nitrogens is 1. The predicted octanol–water partition coefficient (Wildman–Crippen LogP) is 6.75. The van der Waals surface area contributed by atoms with Crippen LogP contribution in [-0.4, -0.2) is 4.98 Å². The van der Waals surface area contributed by atoms with E-state index >= 15 is 0 Å². The lowest BCUT2D eigenvalue weighted by atomic mass is 10.0. The van der Waals surface area contributed by atoms with Gasteiger partial charge in [0.05, 0.1) is 0 Å². The Labute approximate surface area is 145 Å². The van der Waals surface area contributed by atoms with Crippen LogP contribution in [0.15, 0.2) is 97.1 Å². The van der Waals surface area contributed by atoms with E-state index in [0.717, 1.165) is 11.0 Å². The van der Waals surface area contributed by atoms with Crippen molar-refractivity contribution >= 4 is 43.4 Å². The minimum absolute atomic E-state index is 1.13. The number of para-hydroxylation sites is 2. The van der Waals surface area contributed by atoms with Gasteiger partial charge in [-0.05, 0) is 33.7 Å². The van der Waals surface area contributed by atoms with Crippen molar-refractivity contribution in [2.45, 2.75) is 0 Å². The number of aromatic amines is 1. The number of hydrogen-bond donors (Lipinski definition) is 1. The molecule has 0 aliphatic rings. The molecular weight excluding hydrogens is 302 g/mol. The summed E-state index contributed by atoms with van der Waals surface area (Å²) >= 11 is 0. The lowest BCUT2D eigenvalue weighted by Crippen LogP contribution is -1.77. The Morgan fingerprint density at radius 1 is 0.320 bits per heavy atom. The maximum atomic E-state index is 3.66. The molecule has 1 aromatic heterocycles. The van der Waals surface area contributed by atoms with Crippen molar-refractivity contribution < 1.29 is 0 Å². The molecule has 0 bridgehead atoms. The highest BCUT2D eigenvalue weighted by Gasteiger charge is 2.04. The van der Waals surface area contributed by atoms with Gasteiger partial charge in [0, 0.05) is 21.8 Å². The quantitative estimate of drug-likeness (QED) is 0.325. The van der Waals surface area contributed by atoms with E-state index in [1.807, 2.05) is 0 Å². The first kappa shape index (κ1) is 14.1. The topological polar surface area (TPSA) is 15.8 Å². The second-order valence-corrected chi connectivity index (χ2v) is 6.31. The molecule has 0 spiro atoms. The van der Waals surface area contributed by atoms with Crippen molar-refractivity contribution in [1.29, 1.82) is 0 Å². The normalized spacial score (nSPS) is 11.2. The molecule has 1 heteroatoms. The molecule has 0 amide bonds. The fourth-order valence-corrected chi connectivity index (χ4v) is 3.70. The summed E-state index contributed by atoms with van der Waals surface area (Å²) in [6, 6.07) is 34.4. The van der Waals surface area contributed by atoms with Gasteiger partial charge in [-0.3, -0.25) is 0 Å². The zero-order valence-electron chi connectivity index (χ0n) is 13.7. The lowest BCUT2D eigenvalue weighted by Gasteiger charge is -2.02. The molecule has 0 saturated heterocycles. The molecule has 1 nitrogen and oxygen atoms in total. The predicted molar refractivity (Wildman–Crippen MR) is 108 cm³/mol. The Morgan fingerprint density at radius 3 is 1.00 bits per heavy atom. The van der Waals surface area contributed by atoms with Crippen LogP contribution in [0.2, 0.25) is 0 Å². The summed E-state index contributed by atoms with van der Waals surface area (Å²) in [5.41, 5.74) is 2.27. The number of nitrogens with one attached hydrogen (secondary N) is 1. The van der Waals surface area contributed by atoms with Gasteiger partial charge in [-0.25, -0.2) is 0 Å². The van der Waals surface area contributed by atoms with E-state index in [4.69, 9.17) is 0 Å². The minimum atomic E-state index is 1.13. The number of benzene rings is 4. The lowest BCUT2D eigenvalue weighted by molar-refractivity contribution is 1.52. The molecule has 5 rings (SSSR count). The first-order valence-electron chi connectivity index (χ1n) is 8.56. The van der Waals surface area contributed by atoms with Crippen LogP contribution in [-0.2, 0) is 0 Å². The Bertz CT molecular complexity index is 1190. The first-order chi connectivity index (χ1) is 12.4. The molecule has 0 aliphatic heterocycles. The Morgan fingerprint density at radius 2 is 0.600 bits per heavy atom. The molecule has 118 valence electrons. The summed E-state index contributed by atoms with van der Waals surface area (Å²) in [6.07, 6.45) is 0. The van der Waals surface area contributed by atoms with Gasteiger partial charge in [-0.1, -0.05) is 84.9 Å². The van der Waals surface area contributed by atoms with Crippen LogP contribution in [0.3, 0.4) is 0 Å². The summed E-state index contributed by atoms with van der Waals surface area (Å²) in [5, 5.41) is 7.50. The van der Waals surface area contributed by atoms with E-state index < -0.39 is 0 Å². The van der Waals surface area contributed by atoms with Crippen molar-refractivity contribution in [3.05, 3.63) is 97.1 Å². The fraction of sp³-hybridized carbons (Fsp3) is 0. The van der Waals surface area contributed by atoms with E-state index in [0.29, 0.717) is 0 Å². The van der Waals surface area contributed by atoms with Crippen molar-refractivity contribution in [2.75, 3.05) is 0 Å². The van der Waals surface area contributed by atoms with Crippen LogP contribution in [0.5, 0.6) is 0 Å². The largest absolute Gasteiger partial charge is 0.355 e. The summed E-state index contributed by atoms with van der Waals surface area (Å²) in [6.45, 7) is 0. The van der Waals surface area contributed by atoms with Gasteiger partial charge in [0.2, 0.25) is 0 Å². The zero-order valence-corrected chi connectivity index (χ0v) is 13.7. The first-order valence-corrected chi connectivity index (χ1v) is 8.56. The van der Waals surface area contributed by atoms with E-state index in [2.05, 4.69) is 102 Å². The van der Waals surface area contributed by atoms with E-state index in [9.17, 15) is 0 Å². The summed E-state index contributed by atoms with van der Waals surface area (Å²) in [5.74, 6) is 0. The molecular formula is C24H17N. The number of hydrogen-bond acceptors (Lipinski definition) is 0. The van der Waals surface area contributed by atoms with E-state index in [1.165, 1.54) is 32.3 Å². The van der Waals surface area contributed by atoms with Crippen LogP contribution >= 0.6 is 0 Å². The second-order valence-electron chi connectivity index (χ2n) is 6.31. The highest BCUT2D eigenvalue weighted by molar-refractivity contribution is 6.18. The molecule has 25 heavy (non-hydrogen) atoms. The highest BCUT2D eigenvalue weighted by atomic mass is 14.7. The van der Waals surface area contributed by atoms with Gasteiger partial charge in [-0.2, -0.15) is 0 Å². The zero-order chi connectivity index (χ0) is 16.6. The maximum Gasteiger partial charge on any atom is 0.0464 e. The number of fused-ring (bicyclic) bond motifs is 7. The van der Waals surface area contributed by atoms with Crippen LogP contribution in [0.1, 0.15) is 0 Å². The number of rotatable bonds is 0. The molecule has 4 aromatic carbocycles. The molecule has 5 aromatic rings. The van der Waals surface area contributed by atoms with Gasteiger partial charge < -0.3 is 4.98 Å². The van der Waals surface area contributed by atoms with Crippen LogP contribution in [0, 0.1) is 0 Å². The summed E-state index contributed by atoms with van der Waals surface area (Å²) in [4.78, 5) is 3.66. The average Bonchev–Trinajstić information content (AvgIpc) is 2.73. The SMILES string of the molecule is c1ccc2c(c1)[nH]c1ccccc1c1ccccc1c1ccccc21. The van der Waals surface area contributed by atoms with Crippen LogP contribution < -0.4 is 0 Å². The van der Waals surface area contributed by atoms with Crippen molar-refractivity contribution in [3.8, 4) is 0 Å². The number of aromatic nitrogens is 1. The molecule has 0 aliphatic carbocycles. The Kier molecular flexibility index (Phi) is 3.17. The third-order valence-electron chi connectivity index (χ3n) is 4.85. The summed E-state index contributed by atoms with van der Waals surface area (Å²) in [7, 11) is 0. The molecule has 0 radical (unpaired) electrons. The van der Waals surface area contributed by atoms with Gasteiger partial charge in [0.25, 0.3) is 0 Å². The van der Waals surface area contributed by atoms with Gasteiger partial charge in [0.1, 0.15) is 0 Å². The second kappa shape index (κ2) is 5.64. The van der Waals surface area contributed by atoms with Gasteiger partial charge in [-0.15, -0.1) is 0 Å². The highest BCUT2D eigenvalue weighted by Crippen LogP contribution is 2.30. The molecule has 0 atom stereocenters. The van der Waals surface area contributed by atoms with Gasteiger partial charge >= 0.3 is 0 Å². The molecule has 0 unspecified atom stereocenters. The maximum absolute atomic E-state index is 3.66. The minimum Gasteiger partial charge on any atom is -0.355 e. The Hall–Kier alpha value is -3.32. The fourth-order valence-electron chi connectivity index (χ4n) is 3.70. The van der Waals surface area contributed by atoms with Crippen molar-refractivity contribution in [3.63, 3.8) is 0 Å². The summed E-state index contributed by atoms with van der Waals surface area (Å²) < 4.78 is 0. The molecule has 0 fully saturated rings. The van der Waals surface area contributed by atoms with Gasteiger partial charge in [0.15, 0.2) is 0 Å². The third kappa shape index (κ3) is 2.25. The van der Waals surface area contributed by atoms with E-state index in [-0.39, 0.29) is 0 Å². The van der Waals surface area contributed by atoms with Crippen LogP contribution in [0.25, 0.3) is 43.4 Å². The van der Waals surface area contributed by atoms with Crippen LogP contribution in [0.4, 0.5) is 0 Å². The smallest absolute Gasteiger partial charge is 0.0464 e. The molecule has 1 N–H and O–H groups in total. The third-order valence-corrected chi connectivity index (χ3v) is 4.85. The van der Waals surface area contributed by atoms with E-state index in [1.54, 1.807) is 0 Å². The standard InChI is InChI=1S/C24H17N/c1-3-11-19-17(9-1)18-10-2-4-12-20(18)22-14-6-8-16-24(22)25-23-15-7-5-13-21(19)23/h1-16,25H. The monoisotopic (exact) mass is 319 g/mol.